The summed E-state index contributed by atoms with van der Waals surface area (Å²) in [6.07, 6.45) is 2.51. The second-order valence-electron chi connectivity index (χ2n) is 7.28. The lowest BCUT2D eigenvalue weighted by atomic mass is 10.2. The number of morpholine rings is 1. The summed E-state index contributed by atoms with van der Waals surface area (Å²) in [6, 6.07) is 0.417. The molecule has 2 aliphatic heterocycles. The Balaban J connectivity index is 0.00000280. The molecule has 0 aliphatic carbocycles. The molecule has 0 saturated carbocycles. The summed E-state index contributed by atoms with van der Waals surface area (Å²) in [5, 5.41) is 15.2. The molecule has 0 amide bonds. The number of aromatic nitrogens is 3. The second kappa shape index (κ2) is 11.9. The van der Waals surface area contributed by atoms with E-state index in [9.17, 15) is 0 Å². The van der Waals surface area contributed by atoms with Gasteiger partial charge in [0.1, 0.15) is 12.4 Å². The fourth-order valence-electron chi connectivity index (χ4n) is 3.32. The SMILES string of the molecule is Cc1nnc(CN=C(NCC2CCCO2)NCC(C)N2CCOCC2)n1C.I. The molecule has 28 heavy (non-hydrogen) atoms. The first-order valence-corrected chi connectivity index (χ1v) is 9.94. The Morgan fingerprint density at radius 2 is 2.04 bits per heavy atom. The van der Waals surface area contributed by atoms with Crippen molar-refractivity contribution < 1.29 is 9.47 Å². The minimum atomic E-state index is 0. The first kappa shape index (κ1) is 23.3. The fraction of sp³-hybridized carbons (Fsp3) is 0.833. The Bertz CT molecular complexity index is 613. The van der Waals surface area contributed by atoms with Gasteiger partial charge in [0.2, 0.25) is 0 Å². The lowest BCUT2D eigenvalue weighted by Crippen LogP contribution is -2.50. The van der Waals surface area contributed by atoms with Crippen molar-refractivity contribution in [3.8, 4) is 0 Å². The highest BCUT2D eigenvalue weighted by Crippen LogP contribution is 2.10. The average molecular weight is 507 g/mol. The van der Waals surface area contributed by atoms with Crippen LogP contribution >= 0.6 is 24.0 Å². The molecule has 2 saturated heterocycles. The van der Waals surface area contributed by atoms with Gasteiger partial charge < -0.3 is 24.7 Å². The van der Waals surface area contributed by atoms with Crippen LogP contribution in [-0.4, -0.2) is 83.8 Å². The Morgan fingerprint density at radius 1 is 1.25 bits per heavy atom. The standard InChI is InChI=1S/C18H33N7O2.HI/c1-14(25-6-9-26-10-7-25)11-19-18(20-12-16-5-4-8-27-16)21-13-17-23-22-15(2)24(17)3;/h14,16H,4-13H2,1-3H3,(H2,19,20,21);1H. The van der Waals surface area contributed by atoms with E-state index in [1.165, 1.54) is 0 Å². The molecule has 2 aliphatic rings. The Morgan fingerprint density at radius 3 is 2.68 bits per heavy atom. The van der Waals surface area contributed by atoms with Crippen molar-refractivity contribution in [2.75, 3.05) is 46.0 Å². The summed E-state index contributed by atoms with van der Waals surface area (Å²) < 4.78 is 13.1. The molecule has 0 radical (unpaired) electrons. The van der Waals surface area contributed by atoms with E-state index < -0.39 is 0 Å². The number of aliphatic imine (C=N–C) groups is 1. The van der Waals surface area contributed by atoms with E-state index in [0.29, 0.717) is 12.6 Å². The molecule has 0 bridgehead atoms. The summed E-state index contributed by atoms with van der Waals surface area (Å²) >= 11 is 0. The number of rotatable bonds is 7. The largest absolute Gasteiger partial charge is 0.379 e. The van der Waals surface area contributed by atoms with Gasteiger partial charge in [-0.25, -0.2) is 4.99 Å². The van der Waals surface area contributed by atoms with Gasteiger partial charge >= 0.3 is 0 Å². The normalized spacial score (nSPS) is 22.0. The Labute approximate surface area is 184 Å². The summed E-state index contributed by atoms with van der Waals surface area (Å²) in [7, 11) is 1.97. The number of hydrogen-bond acceptors (Lipinski definition) is 6. The molecule has 3 rings (SSSR count). The van der Waals surface area contributed by atoms with Crippen molar-refractivity contribution in [3.63, 3.8) is 0 Å². The second-order valence-corrected chi connectivity index (χ2v) is 7.28. The molecule has 0 aromatic carbocycles. The van der Waals surface area contributed by atoms with E-state index >= 15 is 0 Å². The third-order valence-corrected chi connectivity index (χ3v) is 5.32. The zero-order chi connectivity index (χ0) is 19.1. The first-order valence-electron chi connectivity index (χ1n) is 9.94. The number of aryl methyl sites for hydroxylation is 1. The van der Waals surface area contributed by atoms with E-state index in [1.54, 1.807) is 0 Å². The van der Waals surface area contributed by atoms with Crippen LogP contribution in [0.3, 0.4) is 0 Å². The molecular weight excluding hydrogens is 473 g/mol. The lowest BCUT2D eigenvalue weighted by Gasteiger charge is -2.32. The smallest absolute Gasteiger partial charge is 0.191 e. The number of hydrogen-bond donors (Lipinski definition) is 2. The summed E-state index contributed by atoms with van der Waals surface area (Å²) in [5.74, 6) is 2.54. The van der Waals surface area contributed by atoms with Crippen LogP contribution < -0.4 is 10.6 Å². The molecule has 2 N–H and O–H groups in total. The zero-order valence-corrected chi connectivity index (χ0v) is 19.5. The summed E-state index contributed by atoms with van der Waals surface area (Å²) in [6.45, 7) is 10.7. The highest BCUT2D eigenvalue weighted by molar-refractivity contribution is 14.0. The molecule has 1 aromatic heterocycles. The quantitative estimate of drug-likeness (QED) is 0.319. The predicted octanol–water partition coefficient (Wildman–Crippen LogP) is 0.676. The Kier molecular flexibility index (Phi) is 9.89. The molecule has 0 spiro atoms. The maximum Gasteiger partial charge on any atom is 0.191 e. The number of halogens is 1. The van der Waals surface area contributed by atoms with Crippen LogP contribution in [0.5, 0.6) is 0 Å². The van der Waals surface area contributed by atoms with Gasteiger partial charge in [0.25, 0.3) is 0 Å². The lowest BCUT2D eigenvalue weighted by molar-refractivity contribution is 0.0211. The number of nitrogens with zero attached hydrogens (tertiary/aromatic N) is 5. The van der Waals surface area contributed by atoms with Crippen LogP contribution in [0.25, 0.3) is 0 Å². The average Bonchev–Trinajstić information content (AvgIpc) is 3.33. The molecule has 3 heterocycles. The van der Waals surface area contributed by atoms with Crippen molar-refractivity contribution in [2.24, 2.45) is 12.0 Å². The van der Waals surface area contributed by atoms with E-state index in [0.717, 1.165) is 76.4 Å². The molecule has 10 heteroatoms. The van der Waals surface area contributed by atoms with Crippen LogP contribution in [0.1, 0.15) is 31.4 Å². The zero-order valence-electron chi connectivity index (χ0n) is 17.2. The van der Waals surface area contributed by atoms with Gasteiger partial charge in [0.15, 0.2) is 11.8 Å². The van der Waals surface area contributed by atoms with Gasteiger partial charge in [-0.3, -0.25) is 4.90 Å². The van der Waals surface area contributed by atoms with E-state index in [2.05, 4.69) is 32.7 Å². The van der Waals surface area contributed by atoms with Crippen LogP contribution in [0, 0.1) is 6.92 Å². The minimum Gasteiger partial charge on any atom is -0.379 e. The molecule has 2 atom stereocenters. The molecule has 160 valence electrons. The molecule has 2 unspecified atom stereocenters. The molecule has 2 fully saturated rings. The van der Waals surface area contributed by atoms with Gasteiger partial charge in [-0.2, -0.15) is 0 Å². The monoisotopic (exact) mass is 507 g/mol. The maximum atomic E-state index is 5.72. The van der Waals surface area contributed by atoms with Crippen molar-refractivity contribution in [1.29, 1.82) is 0 Å². The minimum absolute atomic E-state index is 0. The van der Waals surface area contributed by atoms with Gasteiger partial charge in [0, 0.05) is 45.9 Å². The van der Waals surface area contributed by atoms with Crippen LogP contribution in [0.2, 0.25) is 0 Å². The number of ether oxygens (including phenoxy) is 2. The van der Waals surface area contributed by atoms with Gasteiger partial charge in [-0.1, -0.05) is 0 Å². The summed E-state index contributed by atoms with van der Waals surface area (Å²) in [5.41, 5.74) is 0. The highest BCUT2D eigenvalue weighted by Gasteiger charge is 2.19. The third-order valence-electron chi connectivity index (χ3n) is 5.32. The third kappa shape index (κ3) is 6.82. The maximum absolute atomic E-state index is 5.72. The van der Waals surface area contributed by atoms with Crippen molar-refractivity contribution >= 4 is 29.9 Å². The fourth-order valence-corrected chi connectivity index (χ4v) is 3.32. The van der Waals surface area contributed by atoms with Crippen LogP contribution in [0.15, 0.2) is 4.99 Å². The van der Waals surface area contributed by atoms with Gasteiger partial charge in [0.05, 0.1) is 19.3 Å². The summed E-state index contributed by atoms with van der Waals surface area (Å²) in [4.78, 5) is 7.16. The topological polar surface area (TPSA) is 88.8 Å². The van der Waals surface area contributed by atoms with Gasteiger partial charge in [-0.05, 0) is 26.7 Å². The highest BCUT2D eigenvalue weighted by atomic mass is 127. The van der Waals surface area contributed by atoms with Crippen molar-refractivity contribution in [1.82, 2.24) is 30.3 Å². The van der Waals surface area contributed by atoms with Crippen LogP contribution in [-0.2, 0) is 23.1 Å². The molecular formula is C18H34IN7O2. The Hall–Kier alpha value is -0.980. The van der Waals surface area contributed by atoms with E-state index in [-0.39, 0.29) is 30.1 Å². The number of nitrogens with one attached hydrogen (secondary N) is 2. The van der Waals surface area contributed by atoms with E-state index in [1.807, 2.05) is 18.5 Å². The van der Waals surface area contributed by atoms with Gasteiger partial charge in [-0.15, -0.1) is 34.2 Å². The number of guanidine groups is 1. The van der Waals surface area contributed by atoms with Crippen molar-refractivity contribution in [3.05, 3.63) is 11.6 Å². The molecule has 9 nitrogen and oxygen atoms in total. The van der Waals surface area contributed by atoms with Crippen LogP contribution in [0.4, 0.5) is 0 Å². The molecule has 1 aromatic rings. The van der Waals surface area contributed by atoms with E-state index in [4.69, 9.17) is 14.5 Å². The van der Waals surface area contributed by atoms with Crippen molar-refractivity contribution in [2.45, 2.75) is 45.4 Å². The predicted molar refractivity (Wildman–Crippen MR) is 119 cm³/mol. The first-order chi connectivity index (χ1) is 13.1.